The topological polar surface area (TPSA) is 15.3 Å². The summed E-state index contributed by atoms with van der Waals surface area (Å²) < 4.78 is 0. The molecule has 0 aliphatic heterocycles. The van der Waals surface area contributed by atoms with Crippen LogP contribution in [0.15, 0.2) is 0 Å². The largest absolute Gasteiger partial charge is 0.319 e. The van der Waals surface area contributed by atoms with E-state index in [9.17, 15) is 0 Å². The van der Waals surface area contributed by atoms with E-state index in [1.165, 1.54) is 19.5 Å². The highest BCUT2D eigenvalue weighted by atomic mass is 15.1. The van der Waals surface area contributed by atoms with Crippen LogP contribution in [-0.2, 0) is 0 Å². The predicted molar refractivity (Wildman–Crippen MR) is 69.3 cm³/mol. The monoisotopic (exact) mass is 214 g/mol. The highest BCUT2D eigenvalue weighted by Crippen LogP contribution is 2.20. The molecule has 0 amide bonds. The summed E-state index contributed by atoms with van der Waals surface area (Å²) in [6.07, 6.45) is 1.25. The Morgan fingerprint density at radius 1 is 1.07 bits per heavy atom. The Morgan fingerprint density at radius 3 is 2.00 bits per heavy atom. The lowest BCUT2D eigenvalue weighted by Gasteiger charge is -2.30. The zero-order chi connectivity index (χ0) is 12.1. The van der Waals surface area contributed by atoms with Crippen LogP contribution in [0.3, 0.4) is 0 Å². The Bertz CT molecular complexity index is 168. The number of hydrogen-bond acceptors (Lipinski definition) is 2. The number of nitrogens with one attached hydrogen (secondary N) is 1. The molecular weight excluding hydrogens is 184 g/mol. The lowest BCUT2D eigenvalue weighted by atomic mass is 9.88. The smallest absolute Gasteiger partial charge is 0.00270 e. The third-order valence-electron chi connectivity index (χ3n) is 2.57. The summed E-state index contributed by atoms with van der Waals surface area (Å²) in [4.78, 5) is 2.44. The van der Waals surface area contributed by atoms with Crippen molar-refractivity contribution in [3.05, 3.63) is 0 Å². The molecule has 2 nitrogen and oxygen atoms in total. The third kappa shape index (κ3) is 8.88. The summed E-state index contributed by atoms with van der Waals surface area (Å²) in [7, 11) is 4.25. The minimum absolute atomic E-state index is 0.404. The molecule has 0 atom stereocenters. The van der Waals surface area contributed by atoms with Crippen LogP contribution in [0.4, 0.5) is 0 Å². The molecule has 0 aromatic carbocycles. The van der Waals surface area contributed by atoms with Crippen molar-refractivity contribution in [2.45, 2.75) is 41.0 Å². The Hall–Kier alpha value is -0.0800. The molecule has 0 radical (unpaired) electrons. The Morgan fingerprint density at radius 2 is 1.60 bits per heavy atom. The second-order valence-electron chi connectivity index (χ2n) is 6.74. The van der Waals surface area contributed by atoms with Gasteiger partial charge in [0.1, 0.15) is 0 Å². The van der Waals surface area contributed by atoms with Crippen LogP contribution in [0.25, 0.3) is 0 Å². The molecule has 0 unspecified atom stereocenters. The van der Waals surface area contributed by atoms with Gasteiger partial charge in [-0.05, 0) is 44.4 Å². The van der Waals surface area contributed by atoms with Crippen LogP contribution >= 0.6 is 0 Å². The molecule has 0 spiro atoms. The molecule has 0 aliphatic rings. The van der Waals surface area contributed by atoms with Crippen molar-refractivity contribution >= 4 is 0 Å². The minimum atomic E-state index is 0.404. The molecular formula is C13H30N2. The molecule has 0 aliphatic carbocycles. The first-order chi connectivity index (χ1) is 6.66. The van der Waals surface area contributed by atoms with Gasteiger partial charge < -0.3 is 10.2 Å². The molecule has 0 rings (SSSR count). The quantitative estimate of drug-likeness (QED) is 0.731. The highest BCUT2D eigenvalue weighted by Gasteiger charge is 2.19. The fraction of sp³-hybridized carbons (Fsp3) is 1.00. The molecule has 0 bridgehead atoms. The standard InChI is InChI=1S/C13H30N2/c1-12(2,3)11-15(7)9-8-13(4,5)10-14-6/h14H,8-11H2,1-7H3. The second-order valence-corrected chi connectivity index (χ2v) is 6.74. The zero-order valence-electron chi connectivity index (χ0n) is 11.8. The van der Waals surface area contributed by atoms with Gasteiger partial charge in [0.25, 0.3) is 0 Å². The van der Waals surface area contributed by atoms with E-state index < -0.39 is 0 Å². The molecule has 0 saturated carbocycles. The number of hydrogen-bond donors (Lipinski definition) is 1. The first-order valence-electron chi connectivity index (χ1n) is 5.99. The Labute approximate surface area is 96.4 Å². The van der Waals surface area contributed by atoms with Crippen LogP contribution in [0.1, 0.15) is 41.0 Å². The maximum absolute atomic E-state index is 3.26. The van der Waals surface area contributed by atoms with Gasteiger partial charge in [-0.1, -0.05) is 34.6 Å². The van der Waals surface area contributed by atoms with Gasteiger partial charge >= 0.3 is 0 Å². The maximum atomic E-state index is 3.26. The summed E-state index contributed by atoms with van der Waals surface area (Å²) in [5.41, 5.74) is 0.808. The highest BCUT2D eigenvalue weighted by molar-refractivity contribution is 4.74. The molecule has 1 N–H and O–H groups in total. The van der Waals surface area contributed by atoms with Crippen molar-refractivity contribution < 1.29 is 0 Å². The molecule has 0 fully saturated rings. The molecule has 92 valence electrons. The van der Waals surface area contributed by atoms with Gasteiger partial charge in [0.05, 0.1) is 0 Å². The van der Waals surface area contributed by atoms with Gasteiger partial charge in [-0.25, -0.2) is 0 Å². The maximum Gasteiger partial charge on any atom is 0.00270 e. The summed E-state index contributed by atoms with van der Waals surface area (Å²) in [6.45, 7) is 15.0. The van der Waals surface area contributed by atoms with Crippen molar-refractivity contribution in [3.63, 3.8) is 0 Å². The summed E-state index contributed by atoms with van der Waals surface area (Å²) >= 11 is 0. The van der Waals surface area contributed by atoms with Gasteiger partial charge in [-0.3, -0.25) is 0 Å². The first-order valence-corrected chi connectivity index (χ1v) is 5.99. The molecule has 0 aromatic rings. The predicted octanol–water partition coefficient (Wildman–Crippen LogP) is 2.60. The van der Waals surface area contributed by atoms with Crippen LogP contribution < -0.4 is 5.32 Å². The zero-order valence-corrected chi connectivity index (χ0v) is 11.8. The van der Waals surface area contributed by atoms with Crippen LogP contribution in [0, 0.1) is 10.8 Å². The number of rotatable bonds is 6. The van der Waals surface area contributed by atoms with E-state index in [0.717, 1.165) is 6.54 Å². The molecule has 2 heteroatoms. The van der Waals surface area contributed by atoms with Gasteiger partial charge in [0, 0.05) is 6.54 Å². The fourth-order valence-electron chi connectivity index (χ4n) is 1.95. The third-order valence-corrected chi connectivity index (χ3v) is 2.57. The Kier molecular flexibility index (Phi) is 5.82. The van der Waals surface area contributed by atoms with E-state index in [1.54, 1.807) is 0 Å². The molecule has 15 heavy (non-hydrogen) atoms. The van der Waals surface area contributed by atoms with Crippen molar-refractivity contribution in [3.8, 4) is 0 Å². The van der Waals surface area contributed by atoms with E-state index in [2.05, 4.69) is 51.9 Å². The first kappa shape index (κ1) is 14.9. The van der Waals surface area contributed by atoms with Gasteiger partial charge in [0.2, 0.25) is 0 Å². The SMILES string of the molecule is CNCC(C)(C)CCN(C)CC(C)(C)C. The Balaban J connectivity index is 3.84. The minimum Gasteiger partial charge on any atom is -0.319 e. The van der Waals surface area contributed by atoms with Crippen LogP contribution in [0.2, 0.25) is 0 Å². The molecule has 0 saturated heterocycles. The average molecular weight is 214 g/mol. The lowest BCUT2D eigenvalue weighted by molar-refractivity contribution is 0.193. The fourth-order valence-corrected chi connectivity index (χ4v) is 1.95. The summed E-state index contributed by atoms with van der Waals surface area (Å²) in [5, 5.41) is 3.26. The van der Waals surface area contributed by atoms with Crippen LogP contribution in [0.5, 0.6) is 0 Å². The van der Waals surface area contributed by atoms with Gasteiger partial charge in [0.15, 0.2) is 0 Å². The van der Waals surface area contributed by atoms with Crippen molar-refractivity contribution in [1.29, 1.82) is 0 Å². The summed E-state index contributed by atoms with van der Waals surface area (Å²) in [6, 6.07) is 0. The van der Waals surface area contributed by atoms with E-state index in [-0.39, 0.29) is 0 Å². The normalized spacial score (nSPS) is 13.6. The van der Waals surface area contributed by atoms with Crippen LogP contribution in [-0.4, -0.2) is 38.6 Å². The van der Waals surface area contributed by atoms with Gasteiger partial charge in [-0.2, -0.15) is 0 Å². The average Bonchev–Trinajstić information content (AvgIpc) is 1.98. The summed E-state index contributed by atoms with van der Waals surface area (Å²) in [5.74, 6) is 0. The van der Waals surface area contributed by atoms with Crippen molar-refractivity contribution in [1.82, 2.24) is 10.2 Å². The van der Waals surface area contributed by atoms with Gasteiger partial charge in [-0.15, -0.1) is 0 Å². The van der Waals surface area contributed by atoms with Crippen molar-refractivity contribution in [2.24, 2.45) is 10.8 Å². The number of nitrogens with zero attached hydrogens (tertiary/aromatic N) is 1. The molecule has 0 aromatic heterocycles. The lowest BCUT2D eigenvalue weighted by Crippen LogP contribution is -2.34. The van der Waals surface area contributed by atoms with E-state index in [4.69, 9.17) is 0 Å². The molecule has 0 heterocycles. The second kappa shape index (κ2) is 5.86. The van der Waals surface area contributed by atoms with E-state index in [0.29, 0.717) is 10.8 Å². The van der Waals surface area contributed by atoms with E-state index >= 15 is 0 Å². The van der Waals surface area contributed by atoms with Crippen molar-refractivity contribution in [2.75, 3.05) is 33.7 Å². The van der Waals surface area contributed by atoms with E-state index in [1.807, 2.05) is 7.05 Å².